The van der Waals surface area contributed by atoms with Gasteiger partial charge in [0.25, 0.3) is 0 Å². The number of nitrogens with one attached hydrogen (secondary N) is 1. The van der Waals surface area contributed by atoms with Gasteiger partial charge in [-0.05, 0) is 37.0 Å². The molecule has 0 aromatic heterocycles. The van der Waals surface area contributed by atoms with Crippen molar-refractivity contribution in [3.8, 4) is 0 Å². The van der Waals surface area contributed by atoms with Crippen molar-refractivity contribution in [1.29, 1.82) is 0 Å². The first kappa shape index (κ1) is 15.5. The zero-order valence-corrected chi connectivity index (χ0v) is 12.8. The minimum absolute atomic E-state index is 0.204. The monoisotopic (exact) mass is 289 g/mol. The molecule has 0 saturated carbocycles. The summed E-state index contributed by atoms with van der Waals surface area (Å²) in [6.07, 6.45) is 0. The average molecular weight is 290 g/mol. The lowest BCUT2D eigenvalue weighted by Crippen LogP contribution is -2.32. The molecule has 1 rings (SSSR count). The molecule has 0 radical (unpaired) electrons. The quantitative estimate of drug-likeness (QED) is 0.847. The first-order valence-corrected chi connectivity index (χ1v) is 7.87. The van der Waals surface area contributed by atoms with Crippen LogP contribution in [0.15, 0.2) is 23.1 Å². The number of sulfonamides is 1. The van der Waals surface area contributed by atoms with Crippen molar-refractivity contribution in [3.63, 3.8) is 0 Å². The fourth-order valence-electron chi connectivity index (χ4n) is 1.50. The van der Waals surface area contributed by atoms with Crippen LogP contribution in [0.1, 0.15) is 25.0 Å². The zero-order valence-electron chi connectivity index (χ0n) is 11.2. The van der Waals surface area contributed by atoms with Gasteiger partial charge in [-0.15, -0.1) is 11.6 Å². The van der Waals surface area contributed by atoms with E-state index in [9.17, 15) is 8.42 Å². The number of hydrogen-bond acceptors (Lipinski definition) is 2. The molecule has 1 unspecified atom stereocenters. The van der Waals surface area contributed by atoms with Crippen LogP contribution in [0.2, 0.25) is 0 Å². The molecule has 0 fully saturated rings. The van der Waals surface area contributed by atoms with Crippen LogP contribution in [0.5, 0.6) is 0 Å². The fraction of sp³-hybridized carbons (Fsp3) is 0.538. The highest BCUT2D eigenvalue weighted by molar-refractivity contribution is 7.89. The molecule has 0 heterocycles. The van der Waals surface area contributed by atoms with Gasteiger partial charge >= 0.3 is 0 Å². The maximum absolute atomic E-state index is 12.2. The lowest BCUT2D eigenvalue weighted by atomic mass is 10.1. The second kappa shape index (κ2) is 6.04. The molecule has 0 bridgehead atoms. The zero-order chi connectivity index (χ0) is 13.9. The minimum atomic E-state index is -3.48. The van der Waals surface area contributed by atoms with Gasteiger partial charge in [0, 0.05) is 11.9 Å². The van der Waals surface area contributed by atoms with Crippen LogP contribution in [-0.4, -0.2) is 20.3 Å². The van der Waals surface area contributed by atoms with Crippen LogP contribution >= 0.6 is 11.6 Å². The maximum Gasteiger partial charge on any atom is 0.240 e. The van der Waals surface area contributed by atoms with Crippen molar-refractivity contribution < 1.29 is 8.42 Å². The molecular formula is C13H20ClNO2S. The topological polar surface area (TPSA) is 46.2 Å². The fourth-order valence-corrected chi connectivity index (χ4v) is 3.06. The number of aryl methyl sites for hydroxylation is 2. The SMILES string of the molecule is Cc1ccc(C)c(S(=O)(=O)NCC(Cl)C(C)C)c1. The second-order valence-electron chi connectivity index (χ2n) is 4.88. The molecule has 1 aromatic carbocycles. The lowest BCUT2D eigenvalue weighted by molar-refractivity contribution is 0.556. The van der Waals surface area contributed by atoms with E-state index in [-0.39, 0.29) is 17.8 Å². The Labute approximate surface area is 115 Å². The molecule has 0 aliphatic heterocycles. The van der Waals surface area contributed by atoms with E-state index >= 15 is 0 Å². The predicted octanol–water partition coefficient (Wildman–Crippen LogP) is 2.85. The Morgan fingerprint density at radius 3 is 2.44 bits per heavy atom. The van der Waals surface area contributed by atoms with Gasteiger partial charge in [0.1, 0.15) is 0 Å². The van der Waals surface area contributed by atoms with Crippen LogP contribution in [0, 0.1) is 19.8 Å². The molecular weight excluding hydrogens is 270 g/mol. The van der Waals surface area contributed by atoms with E-state index in [4.69, 9.17) is 11.6 Å². The summed E-state index contributed by atoms with van der Waals surface area (Å²) in [5, 5.41) is -0.204. The van der Waals surface area contributed by atoms with Crippen molar-refractivity contribution in [2.24, 2.45) is 5.92 Å². The highest BCUT2D eigenvalue weighted by Gasteiger charge is 2.19. The van der Waals surface area contributed by atoms with Crippen molar-refractivity contribution in [3.05, 3.63) is 29.3 Å². The Morgan fingerprint density at radius 2 is 1.89 bits per heavy atom. The van der Waals surface area contributed by atoms with Crippen LogP contribution in [0.3, 0.4) is 0 Å². The van der Waals surface area contributed by atoms with Gasteiger partial charge in [-0.25, -0.2) is 13.1 Å². The Balaban J connectivity index is 2.90. The van der Waals surface area contributed by atoms with Gasteiger partial charge in [-0.2, -0.15) is 0 Å². The molecule has 0 spiro atoms. The van der Waals surface area contributed by atoms with E-state index in [0.717, 1.165) is 11.1 Å². The van der Waals surface area contributed by atoms with E-state index in [0.29, 0.717) is 4.90 Å². The number of benzene rings is 1. The van der Waals surface area contributed by atoms with Gasteiger partial charge < -0.3 is 0 Å². The molecule has 3 nitrogen and oxygen atoms in total. The molecule has 0 aliphatic rings. The normalized spacial score (nSPS) is 13.9. The highest BCUT2D eigenvalue weighted by atomic mass is 35.5. The smallest absolute Gasteiger partial charge is 0.210 e. The van der Waals surface area contributed by atoms with E-state index < -0.39 is 10.0 Å². The largest absolute Gasteiger partial charge is 0.240 e. The van der Waals surface area contributed by atoms with Crippen LogP contribution in [0.25, 0.3) is 0 Å². The summed E-state index contributed by atoms with van der Waals surface area (Å²) in [5.41, 5.74) is 1.66. The summed E-state index contributed by atoms with van der Waals surface area (Å²) in [5.74, 6) is 0.230. The molecule has 1 aromatic rings. The van der Waals surface area contributed by atoms with Gasteiger partial charge in [0.2, 0.25) is 10.0 Å². The second-order valence-corrected chi connectivity index (χ2v) is 7.18. The Kier molecular flexibility index (Phi) is 5.20. The van der Waals surface area contributed by atoms with Crippen molar-refractivity contribution >= 4 is 21.6 Å². The lowest BCUT2D eigenvalue weighted by Gasteiger charge is -2.15. The first-order chi connectivity index (χ1) is 8.24. The van der Waals surface area contributed by atoms with Crippen LogP contribution in [0.4, 0.5) is 0 Å². The molecule has 0 amide bonds. The summed E-state index contributed by atoms with van der Waals surface area (Å²) in [6, 6.07) is 5.38. The summed E-state index contributed by atoms with van der Waals surface area (Å²) >= 11 is 6.05. The Morgan fingerprint density at radius 1 is 1.28 bits per heavy atom. The molecule has 1 N–H and O–H groups in total. The number of halogens is 1. The Bertz CT molecular complexity index is 512. The first-order valence-electron chi connectivity index (χ1n) is 5.95. The summed E-state index contributed by atoms with van der Waals surface area (Å²) in [7, 11) is -3.48. The molecule has 18 heavy (non-hydrogen) atoms. The summed E-state index contributed by atoms with van der Waals surface area (Å²) < 4.78 is 26.9. The Hall–Kier alpha value is -0.580. The molecule has 5 heteroatoms. The number of hydrogen-bond donors (Lipinski definition) is 1. The third-order valence-electron chi connectivity index (χ3n) is 2.82. The maximum atomic E-state index is 12.2. The molecule has 1 atom stereocenters. The third-order valence-corrected chi connectivity index (χ3v) is 5.05. The molecule has 0 saturated heterocycles. The molecule has 0 aliphatic carbocycles. The third kappa shape index (κ3) is 3.97. The van der Waals surface area contributed by atoms with Gasteiger partial charge in [-0.1, -0.05) is 26.0 Å². The summed E-state index contributed by atoms with van der Waals surface area (Å²) in [4.78, 5) is 0.329. The number of alkyl halides is 1. The van der Waals surface area contributed by atoms with Crippen molar-refractivity contribution in [2.45, 2.75) is 38.0 Å². The number of rotatable bonds is 5. The van der Waals surface area contributed by atoms with Crippen molar-refractivity contribution in [1.82, 2.24) is 4.72 Å². The van der Waals surface area contributed by atoms with Crippen LogP contribution in [-0.2, 0) is 10.0 Å². The predicted molar refractivity (Wildman–Crippen MR) is 75.6 cm³/mol. The highest BCUT2D eigenvalue weighted by Crippen LogP contribution is 2.17. The van der Waals surface area contributed by atoms with E-state index in [2.05, 4.69) is 4.72 Å². The van der Waals surface area contributed by atoms with Gasteiger partial charge in [0.15, 0.2) is 0 Å². The van der Waals surface area contributed by atoms with Gasteiger partial charge in [0.05, 0.1) is 4.90 Å². The van der Waals surface area contributed by atoms with E-state index in [1.165, 1.54) is 0 Å². The van der Waals surface area contributed by atoms with Crippen LogP contribution < -0.4 is 4.72 Å². The molecule has 102 valence electrons. The van der Waals surface area contributed by atoms with Gasteiger partial charge in [-0.3, -0.25) is 0 Å². The average Bonchev–Trinajstić information content (AvgIpc) is 2.29. The van der Waals surface area contributed by atoms with E-state index in [1.807, 2.05) is 32.9 Å². The standard InChI is InChI=1S/C13H20ClNO2S/c1-9(2)12(14)8-15-18(16,17)13-7-10(3)5-6-11(13)4/h5-7,9,12,15H,8H2,1-4H3. The summed E-state index contributed by atoms with van der Waals surface area (Å²) in [6.45, 7) is 7.83. The van der Waals surface area contributed by atoms with E-state index in [1.54, 1.807) is 13.0 Å². The van der Waals surface area contributed by atoms with Crippen molar-refractivity contribution in [2.75, 3.05) is 6.54 Å². The minimum Gasteiger partial charge on any atom is -0.210 e.